The van der Waals surface area contributed by atoms with Crippen molar-refractivity contribution in [3.05, 3.63) is 10.1 Å². The maximum Gasteiger partial charge on any atom is 0.243 e. The van der Waals surface area contributed by atoms with Crippen LogP contribution in [0.25, 0.3) is 0 Å². The van der Waals surface area contributed by atoms with Gasteiger partial charge in [0.15, 0.2) is 0 Å². The highest BCUT2D eigenvalue weighted by Gasteiger charge is 2.36. The zero-order valence-corrected chi connectivity index (χ0v) is 11.4. The van der Waals surface area contributed by atoms with Crippen molar-refractivity contribution in [1.82, 2.24) is 21.3 Å². The maximum absolute atomic E-state index is 11.1. The molecule has 1 aliphatic rings. The van der Waals surface area contributed by atoms with Gasteiger partial charge in [0.2, 0.25) is 5.54 Å². The predicted octanol–water partition coefficient (Wildman–Crippen LogP) is -2.25. The van der Waals surface area contributed by atoms with E-state index in [1.165, 1.54) is 0 Å². The first-order valence-corrected chi connectivity index (χ1v) is 6.70. The van der Waals surface area contributed by atoms with Crippen LogP contribution < -0.4 is 21.3 Å². The Morgan fingerprint density at radius 2 is 1.47 bits per heavy atom. The molecule has 0 spiro atoms. The summed E-state index contributed by atoms with van der Waals surface area (Å²) in [4.78, 5) is 10.9. The van der Waals surface area contributed by atoms with Crippen molar-refractivity contribution in [2.75, 3.05) is 52.4 Å². The van der Waals surface area contributed by atoms with E-state index in [1.807, 2.05) is 0 Å². The zero-order valence-electron chi connectivity index (χ0n) is 11.4. The summed E-state index contributed by atoms with van der Waals surface area (Å²) in [5.41, 5.74) is -0.996. The minimum Gasteiger partial charge on any atom is -0.390 e. The molecule has 0 aromatic carbocycles. The van der Waals surface area contributed by atoms with Crippen LogP contribution in [0, 0.1) is 10.1 Å². The minimum absolute atomic E-state index is 0.233. The molecule has 8 heteroatoms. The fourth-order valence-electron chi connectivity index (χ4n) is 1.87. The van der Waals surface area contributed by atoms with Gasteiger partial charge >= 0.3 is 0 Å². The van der Waals surface area contributed by atoms with E-state index < -0.39 is 11.6 Å². The van der Waals surface area contributed by atoms with Gasteiger partial charge in [-0.3, -0.25) is 10.1 Å². The highest BCUT2D eigenvalue weighted by Crippen LogP contribution is 2.05. The second-order valence-corrected chi connectivity index (χ2v) is 5.17. The Labute approximate surface area is 113 Å². The fourth-order valence-corrected chi connectivity index (χ4v) is 1.87. The van der Waals surface area contributed by atoms with E-state index in [4.69, 9.17) is 0 Å². The second kappa shape index (κ2) is 8.39. The first-order chi connectivity index (χ1) is 9.04. The smallest absolute Gasteiger partial charge is 0.243 e. The molecule has 0 aromatic heterocycles. The van der Waals surface area contributed by atoms with E-state index in [1.54, 1.807) is 6.92 Å². The molecule has 1 rings (SSSR count). The summed E-state index contributed by atoms with van der Waals surface area (Å²) >= 11 is 0. The third kappa shape index (κ3) is 6.26. The van der Waals surface area contributed by atoms with E-state index in [0.717, 1.165) is 0 Å². The molecule has 19 heavy (non-hydrogen) atoms. The molecule has 112 valence electrons. The van der Waals surface area contributed by atoms with Gasteiger partial charge in [0, 0.05) is 51.1 Å². The monoisotopic (exact) mass is 275 g/mol. The Kier molecular flexibility index (Phi) is 7.17. The van der Waals surface area contributed by atoms with Crippen molar-refractivity contribution < 1.29 is 10.0 Å². The number of aliphatic hydroxyl groups is 1. The molecule has 0 saturated carbocycles. The zero-order chi connectivity index (χ0) is 14.1. The molecule has 1 heterocycles. The molecule has 0 unspecified atom stereocenters. The third-order valence-electron chi connectivity index (χ3n) is 3.17. The van der Waals surface area contributed by atoms with Crippen LogP contribution in [0.1, 0.15) is 6.92 Å². The van der Waals surface area contributed by atoms with Crippen LogP contribution in [0.3, 0.4) is 0 Å². The molecule has 1 aliphatic heterocycles. The topological polar surface area (TPSA) is 111 Å². The summed E-state index contributed by atoms with van der Waals surface area (Å²) in [5, 5.41) is 33.1. The minimum atomic E-state index is -0.996. The summed E-state index contributed by atoms with van der Waals surface area (Å²) in [6, 6.07) is 0. The highest BCUT2D eigenvalue weighted by molar-refractivity contribution is 4.80. The lowest BCUT2D eigenvalue weighted by atomic mass is 10.0. The number of nitro groups is 1. The quantitative estimate of drug-likeness (QED) is 0.272. The lowest BCUT2D eigenvalue weighted by Crippen LogP contribution is -2.53. The van der Waals surface area contributed by atoms with Crippen LogP contribution in [0.2, 0.25) is 0 Å². The predicted molar refractivity (Wildman–Crippen MR) is 72.9 cm³/mol. The summed E-state index contributed by atoms with van der Waals surface area (Å²) in [5.74, 6) is 0. The largest absolute Gasteiger partial charge is 0.390 e. The Balaban J connectivity index is 2.44. The fraction of sp³-hybridized carbons (Fsp3) is 1.00. The number of nitrogens with one attached hydrogen (secondary N) is 4. The molecule has 0 aromatic rings. The Bertz CT molecular complexity index is 261. The Hall–Kier alpha value is -0.800. The SMILES string of the molecule is CC1([N+](=O)[O-])CNCCNCC(O)CNCCNC1. The number of hydrogen-bond acceptors (Lipinski definition) is 7. The van der Waals surface area contributed by atoms with Crippen molar-refractivity contribution in [3.8, 4) is 0 Å². The molecule has 1 fully saturated rings. The van der Waals surface area contributed by atoms with Crippen molar-refractivity contribution in [2.24, 2.45) is 0 Å². The highest BCUT2D eigenvalue weighted by atomic mass is 16.6. The normalized spacial score (nSPS) is 32.4. The number of rotatable bonds is 1. The second-order valence-electron chi connectivity index (χ2n) is 5.17. The van der Waals surface area contributed by atoms with Crippen molar-refractivity contribution in [1.29, 1.82) is 0 Å². The van der Waals surface area contributed by atoms with Gasteiger partial charge in [-0.2, -0.15) is 0 Å². The number of nitrogens with zero attached hydrogens (tertiary/aromatic N) is 1. The number of aliphatic hydroxyl groups excluding tert-OH is 1. The van der Waals surface area contributed by atoms with Crippen LogP contribution in [-0.2, 0) is 0 Å². The number of β-amino-alcohol motifs (C(OH)–C–C–N with tert-alkyl or cyclic N) is 1. The molecular weight excluding hydrogens is 250 g/mol. The molecule has 0 aliphatic carbocycles. The van der Waals surface area contributed by atoms with Gasteiger partial charge in [-0.1, -0.05) is 0 Å². The molecular formula is C11H25N5O3. The molecule has 0 atom stereocenters. The summed E-state index contributed by atoms with van der Waals surface area (Å²) < 4.78 is 0. The van der Waals surface area contributed by atoms with E-state index in [9.17, 15) is 15.2 Å². The average Bonchev–Trinajstić information content (AvgIpc) is 2.37. The van der Waals surface area contributed by atoms with E-state index in [2.05, 4.69) is 21.3 Å². The van der Waals surface area contributed by atoms with E-state index in [0.29, 0.717) is 52.4 Å². The van der Waals surface area contributed by atoms with Gasteiger partial charge in [-0.05, 0) is 0 Å². The van der Waals surface area contributed by atoms with Gasteiger partial charge in [0.05, 0.1) is 19.2 Å². The van der Waals surface area contributed by atoms with Gasteiger partial charge in [0.1, 0.15) is 0 Å². The molecule has 8 nitrogen and oxygen atoms in total. The first kappa shape index (κ1) is 16.3. The third-order valence-corrected chi connectivity index (χ3v) is 3.17. The van der Waals surface area contributed by atoms with Crippen molar-refractivity contribution in [2.45, 2.75) is 18.6 Å². The summed E-state index contributed by atoms with van der Waals surface area (Å²) in [6.07, 6.45) is -0.410. The van der Waals surface area contributed by atoms with Crippen LogP contribution in [0.4, 0.5) is 0 Å². The summed E-state index contributed by atoms with van der Waals surface area (Å²) in [6.45, 7) is 5.98. The van der Waals surface area contributed by atoms with Crippen LogP contribution in [-0.4, -0.2) is 74.0 Å². The van der Waals surface area contributed by atoms with Crippen LogP contribution in [0.5, 0.6) is 0 Å². The Morgan fingerprint density at radius 3 is 1.89 bits per heavy atom. The first-order valence-electron chi connectivity index (χ1n) is 6.70. The molecule has 0 bridgehead atoms. The molecule has 0 amide bonds. The van der Waals surface area contributed by atoms with E-state index in [-0.39, 0.29) is 4.92 Å². The van der Waals surface area contributed by atoms with Gasteiger partial charge in [-0.25, -0.2) is 0 Å². The van der Waals surface area contributed by atoms with Gasteiger partial charge < -0.3 is 26.4 Å². The van der Waals surface area contributed by atoms with Crippen molar-refractivity contribution in [3.63, 3.8) is 0 Å². The van der Waals surface area contributed by atoms with Gasteiger partial charge in [0.25, 0.3) is 0 Å². The lowest BCUT2D eigenvalue weighted by Gasteiger charge is -2.23. The lowest BCUT2D eigenvalue weighted by molar-refractivity contribution is -0.560. The maximum atomic E-state index is 11.1. The Morgan fingerprint density at radius 1 is 1.05 bits per heavy atom. The standard InChI is InChI=1S/C11H25N5O3/c1-11(16(18)19)8-14-4-2-12-6-10(17)7-13-3-5-15-9-11/h10,12-15,17H,2-9H2,1H3. The average molecular weight is 275 g/mol. The van der Waals surface area contributed by atoms with Crippen LogP contribution in [0.15, 0.2) is 0 Å². The summed E-state index contributed by atoms with van der Waals surface area (Å²) in [7, 11) is 0. The van der Waals surface area contributed by atoms with E-state index >= 15 is 0 Å². The molecule has 5 N–H and O–H groups in total. The van der Waals surface area contributed by atoms with Gasteiger partial charge in [-0.15, -0.1) is 0 Å². The number of hydrogen-bond donors (Lipinski definition) is 5. The molecule has 1 saturated heterocycles. The van der Waals surface area contributed by atoms with Crippen LogP contribution >= 0.6 is 0 Å². The molecule has 0 radical (unpaired) electrons. The van der Waals surface area contributed by atoms with Crippen molar-refractivity contribution >= 4 is 0 Å².